The second kappa shape index (κ2) is 6.58. The van der Waals surface area contributed by atoms with Crippen molar-refractivity contribution in [3.63, 3.8) is 0 Å². The molecule has 0 aliphatic heterocycles. The molecule has 0 saturated heterocycles. The van der Waals surface area contributed by atoms with E-state index in [2.05, 4.69) is 39.0 Å². The highest BCUT2D eigenvalue weighted by atomic mass is 19.1. The minimum absolute atomic E-state index is 0.183. The number of hydrogen-bond acceptors (Lipinski definition) is 1. The highest BCUT2D eigenvalue weighted by Gasteiger charge is 2.37. The Balaban J connectivity index is 2.18. The van der Waals surface area contributed by atoms with Crippen LogP contribution in [-0.2, 0) is 6.42 Å². The minimum Gasteiger partial charge on any atom is -0.497 e. The molecule has 2 heteroatoms. The van der Waals surface area contributed by atoms with Gasteiger partial charge >= 0.3 is 0 Å². The molecule has 0 unspecified atom stereocenters. The third kappa shape index (κ3) is 3.07. The summed E-state index contributed by atoms with van der Waals surface area (Å²) in [5.74, 6) is 0.990. The Kier molecular flexibility index (Phi) is 4.67. The third-order valence-corrected chi connectivity index (χ3v) is 5.62. The van der Waals surface area contributed by atoms with Crippen molar-refractivity contribution < 1.29 is 9.13 Å². The Morgan fingerprint density at radius 1 is 1.12 bits per heavy atom. The van der Waals surface area contributed by atoms with Crippen LogP contribution in [0.15, 0.2) is 36.4 Å². The second-order valence-corrected chi connectivity index (χ2v) is 7.55. The number of aryl methyl sites for hydroxylation is 1. The molecule has 0 N–H and O–H groups in total. The maximum atomic E-state index is 14.6. The first kappa shape index (κ1) is 17.0. The monoisotopic (exact) mass is 326 g/mol. The van der Waals surface area contributed by atoms with Crippen LogP contribution in [0.25, 0.3) is 11.1 Å². The Bertz CT molecular complexity index is 733. The summed E-state index contributed by atoms with van der Waals surface area (Å²) in [7, 11) is 1.62. The van der Waals surface area contributed by atoms with E-state index in [1.165, 1.54) is 36.5 Å². The standard InChI is InChI=1S/C22H27FO/c1-5-15-8-10-17(19-14-16(24-4)9-11-21(19)23)18(13-15)20-7-6-12-22(20,2)3/h8-11,13-14,20H,5-7,12H2,1-4H3/t20-/m0/s1. The predicted octanol–water partition coefficient (Wildman–Crippen LogP) is 6.36. The fourth-order valence-corrected chi connectivity index (χ4v) is 4.11. The molecule has 128 valence electrons. The molecule has 2 aromatic rings. The summed E-state index contributed by atoms with van der Waals surface area (Å²) >= 11 is 0. The molecule has 0 heterocycles. The molecular formula is C22H27FO. The zero-order valence-corrected chi connectivity index (χ0v) is 15.2. The molecule has 0 aromatic heterocycles. The summed E-state index contributed by atoms with van der Waals surface area (Å²) in [5.41, 5.74) is 4.54. The van der Waals surface area contributed by atoms with Crippen LogP contribution in [0.4, 0.5) is 4.39 Å². The van der Waals surface area contributed by atoms with Gasteiger partial charge < -0.3 is 4.74 Å². The van der Waals surface area contributed by atoms with E-state index in [1.807, 2.05) is 6.07 Å². The van der Waals surface area contributed by atoms with E-state index < -0.39 is 0 Å². The van der Waals surface area contributed by atoms with Crippen LogP contribution in [-0.4, -0.2) is 7.11 Å². The minimum atomic E-state index is -0.183. The highest BCUT2D eigenvalue weighted by Crippen LogP contribution is 2.51. The summed E-state index contributed by atoms with van der Waals surface area (Å²) < 4.78 is 19.9. The van der Waals surface area contributed by atoms with E-state index in [4.69, 9.17) is 4.74 Å². The number of rotatable bonds is 4. The summed E-state index contributed by atoms with van der Waals surface area (Å²) in [6.07, 6.45) is 4.65. The second-order valence-electron chi connectivity index (χ2n) is 7.55. The third-order valence-electron chi connectivity index (χ3n) is 5.62. The van der Waals surface area contributed by atoms with Gasteiger partial charge in [0.1, 0.15) is 11.6 Å². The van der Waals surface area contributed by atoms with Crippen molar-refractivity contribution >= 4 is 0 Å². The maximum absolute atomic E-state index is 14.6. The first-order valence-electron chi connectivity index (χ1n) is 8.93. The molecule has 1 aliphatic carbocycles. The summed E-state index contributed by atoms with van der Waals surface area (Å²) in [6.45, 7) is 6.86. The highest BCUT2D eigenvalue weighted by molar-refractivity contribution is 5.71. The van der Waals surface area contributed by atoms with Gasteiger partial charge in [-0.3, -0.25) is 0 Å². The van der Waals surface area contributed by atoms with Crippen molar-refractivity contribution in [3.8, 4) is 16.9 Å². The van der Waals surface area contributed by atoms with Crippen LogP contribution in [0.1, 0.15) is 57.1 Å². The quantitative estimate of drug-likeness (QED) is 0.635. The van der Waals surface area contributed by atoms with Gasteiger partial charge in [0, 0.05) is 5.56 Å². The largest absolute Gasteiger partial charge is 0.497 e. The Labute approximate surface area is 144 Å². The molecule has 1 aliphatic rings. The van der Waals surface area contributed by atoms with Crippen molar-refractivity contribution in [1.82, 2.24) is 0 Å². The molecular weight excluding hydrogens is 299 g/mol. The fraction of sp³-hybridized carbons (Fsp3) is 0.455. The number of ether oxygens (including phenoxy) is 1. The SMILES string of the molecule is CCc1ccc(-c2cc(OC)ccc2F)c([C@@H]2CCCC2(C)C)c1. The van der Waals surface area contributed by atoms with Crippen LogP contribution in [0.3, 0.4) is 0 Å². The zero-order chi connectivity index (χ0) is 17.3. The van der Waals surface area contributed by atoms with Gasteiger partial charge in [-0.05, 0) is 65.5 Å². The van der Waals surface area contributed by atoms with Crippen LogP contribution >= 0.6 is 0 Å². The van der Waals surface area contributed by atoms with E-state index in [-0.39, 0.29) is 11.2 Å². The molecule has 1 saturated carbocycles. The summed E-state index contributed by atoms with van der Waals surface area (Å²) in [5, 5.41) is 0. The van der Waals surface area contributed by atoms with Crippen molar-refractivity contribution in [2.45, 2.75) is 52.4 Å². The van der Waals surface area contributed by atoms with Crippen LogP contribution in [0.2, 0.25) is 0 Å². The number of hydrogen-bond donors (Lipinski definition) is 0. The van der Waals surface area contributed by atoms with Gasteiger partial charge in [0.15, 0.2) is 0 Å². The topological polar surface area (TPSA) is 9.23 Å². The first-order chi connectivity index (χ1) is 11.5. The first-order valence-corrected chi connectivity index (χ1v) is 8.93. The Hall–Kier alpha value is -1.83. The Morgan fingerprint density at radius 2 is 1.92 bits per heavy atom. The average Bonchev–Trinajstić information content (AvgIpc) is 2.94. The number of benzene rings is 2. The molecule has 0 spiro atoms. The molecule has 1 nitrogen and oxygen atoms in total. The molecule has 0 amide bonds. The maximum Gasteiger partial charge on any atom is 0.131 e. The summed E-state index contributed by atoms with van der Waals surface area (Å²) in [6, 6.07) is 11.5. The van der Waals surface area contributed by atoms with Crippen LogP contribution in [0.5, 0.6) is 5.75 Å². The molecule has 3 rings (SSSR count). The van der Waals surface area contributed by atoms with Crippen LogP contribution < -0.4 is 4.74 Å². The van der Waals surface area contributed by atoms with Crippen molar-refractivity contribution in [2.75, 3.05) is 7.11 Å². The van der Waals surface area contributed by atoms with Crippen LogP contribution in [0, 0.1) is 11.2 Å². The molecule has 0 radical (unpaired) electrons. The van der Waals surface area contributed by atoms with E-state index in [0.29, 0.717) is 17.2 Å². The lowest BCUT2D eigenvalue weighted by atomic mass is 9.75. The average molecular weight is 326 g/mol. The zero-order valence-electron chi connectivity index (χ0n) is 15.2. The number of halogens is 1. The van der Waals surface area contributed by atoms with Crippen molar-refractivity contribution in [1.29, 1.82) is 0 Å². The van der Waals surface area contributed by atoms with E-state index in [0.717, 1.165) is 12.0 Å². The van der Waals surface area contributed by atoms with Gasteiger partial charge in [0.2, 0.25) is 0 Å². The lowest BCUT2D eigenvalue weighted by molar-refractivity contribution is 0.332. The molecule has 1 fully saturated rings. The molecule has 1 atom stereocenters. The molecule has 2 aromatic carbocycles. The summed E-state index contributed by atoms with van der Waals surface area (Å²) in [4.78, 5) is 0. The molecule has 24 heavy (non-hydrogen) atoms. The van der Waals surface area contributed by atoms with Crippen molar-refractivity contribution in [2.24, 2.45) is 5.41 Å². The number of methoxy groups -OCH3 is 1. The fourth-order valence-electron chi connectivity index (χ4n) is 4.11. The van der Waals surface area contributed by atoms with Gasteiger partial charge in [-0.2, -0.15) is 0 Å². The van der Waals surface area contributed by atoms with Gasteiger partial charge in [-0.15, -0.1) is 0 Å². The lowest BCUT2D eigenvalue weighted by Gasteiger charge is -2.30. The van der Waals surface area contributed by atoms with E-state index >= 15 is 0 Å². The van der Waals surface area contributed by atoms with Crippen molar-refractivity contribution in [3.05, 3.63) is 53.3 Å². The van der Waals surface area contributed by atoms with Gasteiger partial charge in [0.05, 0.1) is 7.11 Å². The Morgan fingerprint density at radius 3 is 2.54 bits per heavy atom. The van der Waals surface area contributed by atoms with Gasteiger partial charge in [-0.1, -0.05) is 45.4 Å². The van der Waals surface area contributed by atoms with E-state index in [1.54, 1.807) is 13.2 Å². The normalized spacial score (nSPS) is 19.5. The predicted molar refractivity (Wildman–Crippen MR) is 98.1 cm³/mol. The smallest absolute Gasteiger partial charge is 0.131 e. The van der Waals surface area contributed by atoms with Gasteiger partial charge in [-0.25, -0.2) is 4.39 Å². The molecule has 0 bridgehead atoms. The van der Waals surface area contributed by atoms with Gasteiger partial charge in [0.25, 0.3) is 0 Å². The van der Waals surface area contributed by atoms with E-state index in [9.17, 15) is 4.39 Å². The lowest BCUT2D eigenvalue weighted by Crippen LogP contribution is -2.16.